The molecule has 0 aliphatic rings. The Hall–Kier alpha value is -3.71. The summed E-state index contributed by atoms with van der Waals surface area (Å²) in [6.45, 7) is 3.15. The zero-order valence-corrected chi connectivity index (χ0v) is 19.3. The van der Waals surface area contributed by atoms with Gasteiger partial charge in [-0.25, -0.2) is 0 Å². The van der Waals surface area contributed by atoms with Gasteiger partial charge < -0.3 is 15.4 Å². The summed E-state index contributed by atoms with van der Waals surface area (Å²) in [5.41, 5.74) is 2.87. The molecule has 0 unspecified atom stereocenters. The van der Waals surface area contributed by atoms with Gasteiger partial charge in [-0.05, 0) is 66.7 Å². The Balaban J connectivity index is 1.49. The molecular formula is C26H27N3O3S. The highest BCUT2D eigenvalue weighted by atomic mass is 32.1. The van der Waals surface area contributed by atoms with Crippen LogP contribution in [0.3, 0.4) is 0 Å². The van der Waals surface area contributed by atoms with Crippen molar-refractivity contribution < 1.29 is 14.3 Å². The monoisotopic (exact) mass is 461 g/mol. The topological polar surface area (TPSA) is 79.5 Å². The SMILES string of the molecule is CCCNC(=O)c1ccc(NC(=S)NC(=O)c2cccc(OCCc3ccccc3)c2)cc1. The molecule has 0 radical (unpaired) electrons. The molecular weight excluding hydrogens is 434 g/mol. The first kappa shape index (κ1) is 23.9. The molecule has 7 heteroatoms. The number of carbonyl (C=O) groups excluding carboxylic acids is 2. The van der Waals surface area contributed by atoms with Gasteiger partial charge in [0.15, 0.2) is 5.11 Å². The summed E-state index contributed by atoms with van der Waals surface area (Å²) in [4.78, 5) is 24.6. The quantitative estimate of drug-likeness (QED) is 0.407. The molecule has 2 amide bonds. The maximum atomic E-state index is 12.6. The Morgan fingerprint density at radius 2 is 1.64 bits per heavy atom. The van der Waals surface area contributed by atoms with Crippen LogP contribution in [0, 0.1) is 0 Å². The third kappa shape index (κ3) is 7.73. The molecule has 0 aromatic heterocycles. The smallest absolute Gasteiger partial charge is 0.257 e. The molecule has 6 nitrogen and oxygen atoms in total. The molecule has 3 N–H and O–H groups in total. The first-order chi connectivity index (χ1) is 16.0. The van der Waals surface area contributed by atoms with Crippen LogP contribution >= 0.6 is 12.2 Å². The van der Waals surface area contributed by atoms with E-state index in [1.165, 1.54) is 5.56 Å². The minimum absolute atomic E-state index is 0.120. The van der Waals surface area contributed by atoms with E-state index in [1.54, 1.807) is 42.5 Å². The van der Waals surface area contributed by atoms with Gasteiger partial charge in [0.1, 0.15) is 5.75 Å². The van der Waals surface area contributed by atoms with Crippen molar-refractivity contribution >= 4 is 34.8 Å². The number of hydrogen-bond acceptors (Lipinski definition) is 4. The van der Waals surface area contributed by atoms with Gasteiger partial charge in [-0.1, -0.05) is 43.3 Å². The van der Waals surface area contributed by atoms with E-state index < -0.39 is 0 Å². The molecule has 0 fully saturated rings. The molecule has 0 atom stereocenters. The lowest BCUT2D eigenvalue weighted by Gasteiger charge is -2.11. The van der Waals surface area contributed by atoms with Gasteiger partial charge in [-0.3, -0.25) is 14.9 Å². The maximum Gasteiger partial charge on any atom is 0.257 e. The van der Waals surface area contributed by atoms with E-state index in [-0.39, 0.29) is 16.9 Å². The van der Waals surface area contributed by atoms with Crippen LogP contribution in [-0.2, 0) is 6.42 Å². The molecule has 0 spiro atoms. The molecule has 33 heavy (non-hydrogen) atoms. The van der Waals surface area contributed by atoms with Gasteiger partial charge in [0.05, 0.1) is 6.61 Å². The Morgan fingerprint density at radius 1 is 0.879 bits per heavy atom. The van der Waals surface area contributed by atoms with E-state index in [2.05, 4.69) is 28.1 Å². The summed E-state index contributed by atoms with van der Waals surface area (Å²) in [5.74, 6) is 0.163. The largest absolute Gasteiger partial charge is 0.493 e. The van der Waals surface area contributed by atoms with Crippen LogP contribution in [0.2, 0.25) is 0 Å². The van der Waals surface area contributed by atoms with Gasteiger partial charge in [-0.2, -0.15) is 0 Å². The van der Waals surface area contributed by atoms with E-state index in [0.29, 0.717) is 35.7 Å². The third-order valence-electron chi connectivity index (χ3n) is 4.77. The van der Waals surface area contributed by atoms with Crippen LogP contribution < -0.4 is 20.7 Å². The van der Waals surface area contributed by atoms with Crippen molar-refractivity contribution in [1.29, 1.82) is 0 Å². The lowest BCUT2D eigenvalue weighted by molar-refractivity contribution is 0.0951. The molecule has 170 valence electrons. The number of anilines is 1. The Kier molecular flexibility index (Phi) is 8.97. The van der Waals surface area contributed by atoms with E-state index in [9.17, 15) is 9.59 Å². The molecule has 3 rings (SSSR count). The number of hydrogen-bond donors (Lipinski definition) is 3. The van der Waals surface area contributed by atoms with Crippen molar-refractivity contribution in [2.45, 2.75) is 19.8 Å². The second kappa shape index (κ2) is 12.4. The van der Waals surface area contributed by atoms with Crippen LogP contribution in [0.15, 0.2) is 78.9 Å². The molecule has 0 saturated carbocycles. The number of carbonyl (C=O) groups is 2. The normalized spacial score (nSPS) is 10.2. The fourth-order valence-corrected chi connectivity index (χ4v) is 3.25. The van der Waals surface area contributed by atoms with Crippen LogP contribution in [0.25, 0.3) is 0 Å². The summed E-state index contributed by atoms with van der Waals surface area (Å²) in [6, 6.07) is 23.9. The Labute approximate surface area is 199 Å². The summed E-state index contributed by atoms with van der Waals surface area (Å²) in [5, 5.41) is 8.61. The van der Waals surface area contributed by atoms with Crippen molar-refractivity contribution in [2.75, 3.05) is 18.5 Å². The average Bonchev–Trinajstić information content (AvgIpc) is 2.84. The second-order valence-corrected chi connectivity index (χ2v) is 7.76. The number of amides is 2. The van der Waals surface area contributed by atoms with E-state index in [0.717, 1.165) is 12.8 Å². The first-order valence-corrected chi connectivity index (χ1v) is 11.2. The van der Waals surface area contributed by atoms with Gasteiger partial charge in [-0.15, -0.1) is 0 Å². The fourth-order valence-electron chi connectivity index (χ4n) is 3.04. The second-order valence-electron chi connectivity index (χ2n) is 7.35. The van der Waals surface area contributed by atoms with Crippen LogP contribution in [0.1, 0.15) is 39.6 Å². The molecule has 0 saturated heterocycles. The Morgan fingerprint density at radius 3 is 2.36 bits per heavy atom. The molecule has 3 aromatic rings. The average molecular weight is 462 g/mol. The number of thiocarbonyl (C=S) groups is 1. The van der Waals surface area contributed by atoms with Crippen molar-refractivity contribution in [3.05, 3.63) is 95.6 Å². The Bertz CT molecular complexity index is 1090. The van der Waals surface area contributed by atoms with E-state index >= 15 is 0 Å². The van der Waals surface area contributed by atoms with Gasteiger partial charge in [0.2, 0.25) is 0 Å². The number of ether oxygens (including phenoxy) is 1. The molecule has 0 aliphatic heterocycles. The number of benzene rings is 3. The molecule has 3 aromatic carbocycles. The predicted molar refractivity (Wildman–Crippen MR) is 135 cm³/mol. The molecule has 0 bridgehead atoms. The third-order valence-corrected chi connectivity index (χ3v) is 4.97. The maximum absolute atomic E-state index is 12.6. The highest BCUT2D eigenvalue weighted by molar-refractivity contribution is 7.80. The lowest BCUT2D eigenvalue weighted by Crippen LogP contribution is -2.34. The van der Waals surface area contributed by atoms with Crippen molar-refractivity contribution in [2.24, 2.45) is 0 Å². The van der Waals surface area contributed by atoms with Gasteiger partial charge in [0, 0.05) is 29.8 Å². The minimum Gasteiger partial charge on any atom is -0.493 e. The van der Waals surface area contributed by atoms with Crippen molar-refractivity contribution in [1.82, 2.24) is 10.6 Å². The van der Waals surface area contributed by atoms with Crippen LogP contribution in [0.5, 0.6) is 5.75 Å². The molecule has 0 aliphatic carbocycles. The first-order valence-electron chi connectivity index (χ1n) is 10.8. The zero-order chi connectivity index (χ0) is 23.5. The summed E-state index contributed by atoms with van der Waals surface area (Å²) < 4.78 is 5.80. The number of nitrogens with one attached hydrogen (secondary N) is 3. The highest BCUT2D eigenvalue weighted by Crippen LogP contribution is 2.14. The van der Waals surface area contributed by atoms with E-state index in [4.69, 9.17) is 17.0 Å². The number of rotatable bonds is 9. The highest BCUT2D eigenvalue weighted by Gasteiger charge is 2.10. The molecule has 0 heterocycles. The van der Waals surface area contributed by atoms with Crippen LogP contribution in [0.4, 0.5) is 5.69 Å². The minimum atomic E-state index is -0.337. The van der Waals surface area contributed by atoms with Gasteiger partial charge >= 0.3 is 0 Å². The van der Waals surface area contributed by atoms with Crippen molar-refractivity contribution in [3.8, 4) is 5.75 Å². The lowest BCUT2D eigenvalue weighted by atomic mass is 10.2. The predicted octanol–water partition coefficient (Wildman–Crippen LogP) is 4.57. The van der Waals surface area contributed by atoms with Crippen LogP contribution in [-0.4, -0.2) is 30.1 Å². The van der Waals surface area contributed by atoms with E-state index in [1.807, 2.05) is 31.2 Å². The fraction of sp³-hybridized carbons (Fsp3) is 0.192. The van der Waals surface area contributed by atoms with Crippen molar-refractivity contribution in [3.63, 3.8) is 0 Å². The van der Waals surface area contributed by atoms with Gasteiger partial charge in [0.25, 0.3) is 11.8 Å². The standard InChI is InChI=1S/C26H27N3O3S/c1-2-16-27-24(30)20-11-13-22(14-12-20)28-26(33)29-25(31)21-9-6-10-23(18-21)32-17-15-19-7-4-3-5-8-19/h3-14,18H,2,15-17H2,1H3,(H,27,30)(H2,28,29,31,33). The summed E-state index contributed by atoms with van der Waals surface area (Å²) >= 11 is 5.26. The zero-order valence-electron chi connectivity index (χ0n) is 18.5. The summed E-state index contributed by atoms with van der Waals surface area (Å²) in [6.07, 6.45) is 1.66. The summed E-state index contributed by atoms with van der Waals surface area (Å²) in [7, 11) is 0.